The van der Waals surface area contributed by atoms with Crippen molar-refractivity contribution in [3.05, 3.63) is 150 Å². The highest BCUT2D eigenvalue weighted by Crippen LogP contribution is 2.43. The van der Waals surface area contributed by atoms with Crippen molar-refractivity contribution in [3.63, 3.8) is 0 Å². The van der Waals surface area contributed by atoms with E-state index in [1.54, 1.807) is 42.8 Å². The number of benzene rings is 4. The molecule has 18 heteroatoms. The second-order valence-electron chi connectivity index (χ2n) is 13.8. The van der Waals surface area contributed by atoms with Gasteiger partial charge in [0, 0.05) is 18.7 Å². The third-order valence-electron chi connectivity index (χ3n) is 9.93. The summed E-state index contributed by atoms with van der Waals surface area (Å²) < 4.78 is 64.2. The quantitative estimate of drug-likeness (QED) is 0.0792. The van der Waals surface area contributed by atoms with E-state index in [-0.39, 0.29) is 30.1 Å². The lowest BCUT2D eigenvalue weighted by atomic mass is 9.80. The molecule has 0 radical (unpaired) electrons. The number of aliphatic hydroxyl groups excluding tert-OH is 1. The lowest BCUT2D eigenvalue weighted by Gasteiger charge is -2.37. The average molecular weight is 840 g/mol. The van der Waals surface area contributed by atoms with Crippen LogP contribution in [0.1, 0.15) is 33.3 Å². The molecule has 0 bridgehead atoms. The first kappa shape index (κ1) is 42.4. The van der Waals surface area contributed by atoms with Crippen molar-refractivity contribution in [3.8, 4) is 5.75 Å². The van der Waals surface area contributed by atoms with Gasteiger partial charge in [-0.15, -0.1) is 0 Å². The van der Waals surface area contributed by atoms with E-state index in [0.29, 0.717) is 11.3 Å². The van der Waals surface area contributed by atoms with Crippen LogP contribution in [0.4, 0.5) is 19.0 Å². The van der Waals surface area contributed by atoms with Gasteiger partial charge in [0.1, 0.15) is 42.6 Å². The van der Waals surface area contributed by atoms with Gasteiger partial charge < -0.3 is 40.0 Å². The largest absolute Gasteiger partial charge is 0.497 e. The lowest BCUT2D eigenvalue weighted by Crippen LogP contribution is -2.43. The summed E-state index contributed by atoms with van der Waals surface area (Å²) in [6.45, 7) is -1.71. The molecule has 316 valence electrons. The van der Waals surface area contributed by atoms with E-state index >= 15 is 0 Å². The summed E-state index contributed by atoms with van der Waals surface area (Å²) in [7, 11) is 1.57. The molecule has 6 aromatic rings. The zero-order valence-corrected chi connectivity index (χ0v) is 32.5. The summed E-state index contributed by atoms with van der Waals surface area (Å²) in [6.07, 6.45) is -7.50. The van der Waals surface area contributed by atoms with Crippen LogP contribution in [-0.4, -0.2) is 100 Å². The third-order valence-corrected chi connectivity index (χ3v) is 9.93. The Morgan fingerprint density at radius 3 is 2.03 bits per heavy atom. The van der Waals surface area contributed by atoms with Gasteiger partial charge in [0.25, 0.3) is 5.91 Å². The molecule has 0 unspecified atom stereocenters. The van der Waals surface area contributed by atoms with Gasteiger partial charge in [-0.05, 0) is 41.0 Å². The fourth-order valence-electron chi connectivity index (χ4n) is 6.99. The molecule has 4 aromatic carbocycles. The number of carbonyl (C=O) groups excluding carboxylic acids is 3. The van der Waals surface area contributed by atoms with Crippen LogP contribution in [0.25, 0.3) is 11.2 Å². The first-order valence-corrected chi connectivity index (χ1v) is 19.0. The van der Waals surface area contributed by atoms with Crippen LogP contribution in [0.15, 0.2) is 128 Å². The second kappa shape index (κ2) is 18.7. The number of methoxy groups -OCH3 is 1. The van der Waals surface area contributed by atoms with Crippen LogP contribution < -0.4 is 20.7 Å². The molecule has 1 fully saturated rings. The number of imidazole rings is 1. The Balaban J connectivity index is 1.18. The molecule has 7 rings (SSSR count). The van der Waals surface area contributed by atoms with Gasteiger partial charge in [-0.25, -0.2) is 15.0 Å². The molecule has 0 spiro atoms. The van der Waals surface area contributed by atoms with Crippen LogP contribution in [0, 0.1) is 0 Å². The van der Waals surface area contributed by atoms with E-state index in [1.807, 2.05) is 84.9 Å². The number of nitrogens with zero attached hydrogens (tertiary/aromatic N) is 4. The number of hydrogen-bond donors (Lipinski definition) is 4. The van der Waals surface area contributed by atoms with Crippen molar-refractivity contribution in [1.29, 1.82) is 0 Å². The van der Waals surface area contributed by atoms with Gasteiger partial charge in [0.15, 0.2) is 23.2 Å². The van der Waals surface area contributed by atoms with E-state index in [2.05, 4.69) is 25.6 Å². The molecular weight excluding hydrogens is 800 g/mol. The molecule has 3 amide bonds. The number of rotatable bonds is 16. The summed E-state index contributed by atoms with van der Waals surface area (Å²) >= 11 is 0. The van der Waals surface area contributed by atoms with Crippen LogP contribution in [0.3, 0.4) is 0 Å². The summed E-state index contributed by atoms with van der Waals surface area (Å²) in [6, 6.07) is 34.9. The highest BCUT2D eigenvalue weighted by molar-refractivity contribution is 6.06. The number of aliphatic hydroxyl groups is 1. The van der Waals surface area contributed by atoms with Crippen molar-refractivity contribution in [2.75, 3.05) is 38.7 Å². The number of hydrogen-bond acceptors (Lipinski definition) is 11. The smallest absolute Gasteiger partial charge is 0.471 e. The van der Waals surface area contributed by atoms with Crippen LogP contribution >= 0.6 is 0 Å². The normalized spacial score (nSPS) is 17.8. The Hall–Kier alpha value is -6.73. The number of anilines is 1. The molecule has 1 aliphatic heterocycles. The highest BCUT2D eigenvalue weighted by Gasteiger charge is 2.48. The molecule has 4 N–H and O–H groups in total. The zero-order valence-electron chi connectivity index (χ0n) is 32.5. The number of ether oxygens (including phenoxy) is 4. The monoisotopic (exact) mass is 839 g/mol. The molecular formula is C43H40F3N7O8. The molecule has 4 atom stereocenters. The summed E-state index contributed by atoms with van der Waals surface area (Å²) in [5.74, 6) is -2.61. The summed E-state index contributed by atoms with van der Waals surface area (Å²) in [5.41, 5.74) is 1.81. The SMILES string of the molecule is COc1ccc(C(OC[C@H]2O[C@@H](n3cnc4c(NC(=O)c5ccccc5)ncnc43)[C@H](OCC(=O)NCCNC(=O)C(F)(F)F)[C@@H]2O)(c2ccccc2)c2ccccc2)cc1. The zero-order chi connectivity index (χ0) is 43.0. The Labute approximate surface area is 346 Å². The predicted octanol–water partition coefficient (Wildman–Crippen LogP) is 4.53. The van der Waals surface area contributed by atoms with E-state index in [4.69, 9.17) is 18.9 Å². The molecule has 2 aromatic heterocycles. The van der Waals surface area contributed by atoms with E-state index in [9.17, 15) is 32.7 Å². The summed E-state index contributed by atoms with van der Waals surface area (Å²) in [4.78, 5) is 50.2. The van der Waals surface area contributed by atoms with Gasteiger partial charge in [-0.2, -0.15) is 13.2 Å². The topological polar surface area (TPSA) is 188 Å². The number of halogens is 3. The fourth-order valence-corrected chi connectivity index (χ4v) is 6.99. The van der Waals surface area contributed by atoms with E-state index in [0.717, 1.165) is 16.7 Å². The fraction of sp³-hybridized carbons (Fsp3) is 0.256. The molecule has 1 aliphatic rings. The van der Waals surface area contributed by atoms with Crippen LogP contribution in [0.2, 0.25) is 0 Å². The molecule has 15 nitrogen and oxygen atoms in total. The minimum Gasteiger partial charge on any atom is -0.497 e. The standard InChI is InChI=1S/C43H40F3N7O8/c1-58-31-19-17-30(18-20-31)42(28-13-7-3-8-14-28,29-15-9-4-10-16-29)60-23-32-35(55)36(59-24-33(54)47-21-22-48-41(57)43(44,45)46)40(61-32)53-26-51-34-37(49-25-50-38(34)53)52-39(56)27-11-5-2-6-12-27/h2-20,25-26,32,35-36,40,55H,21-24H2,1H3,(H,47,54)(H,48,57)(H,49,50,52,56)/t32-,35-,36-,40-/m1/s1. The Bertz CT molecular complexity index is 2380. The number of nitrogens with one attached hydrogen (secondary N) is 3. The van der Waals surface area contributed by atoms with Gasteiger partial charge >= 0.3 is 12.1 Å². The van der Waals surface area contributed by atoms with Crippen LogP contribution in [-0.2, 0) is 29.4 Å². The highest BCUT2D eigenvalue weighted by atomic mass is 19.4. The number of carbonyl (C=O) groups is 3. The Kier molecular flexibility index (Phi) is 13.0. The molecule has 0 saturated carbocycles. The first-order chi connectivity index (χ1) is 29.5. The maximum atomic E-state index is 13.1. The van der Waals surface area contributed by atoms with Crippen molar-refractivity contribution in [1.82, 2.24) is 30.2 Å². The van der Waals surface area contributed by atoms with E-state index < -0.39 is 67.2 Å². The maximum absolute atomic E-state index is 13.1. The predicted molar refractivity (Wildman–Crippen MR) is 213 cm³/mol. The van der Waals surface area contributed by atoms with Gasteiger partial charge in [-0.1, -0.05) is 91.0 Å². The van der Waals surface area contributed by atoms with Crippen molar-refractivity contribution < 1.29 is 51.6 Å². The van der Waals surface area contributed by atoms with Crippen molar-refractivity contribution in [2.24, 2.45) is 0 Å². The molecule has 1 saturated heterocycles. The minimum absolute atomic E-state index is 0.0977. The summed E-state index contributed by atoms with van der Waals surface area (Å²) in [5, 5.41) is 18.8. The molecule has 0 aliphatic carbocycles. The number of amides is 3. The van der Waals surface area contributed by atoms with E-state index in [1.165, 1.54) is 17.2 Å². The van der Waals surface area contributed by atoms with Gasteiger partial charge in [-0.3, -0.25) is 19.0 Å². The van der Waals surface area contributed by atoms with Gasteiger partial charge in [0.2, 0.25) is 5.91 Å². The average Bonchev–Trinajstić information content (AvgIpc) is 3.86. The maximum Gasteiger partial charge on any atom is 0.471 e. The number of aromatic nitrogens is 4. The Morgan fingerprint density at radius 1 is 0.803 bits per heavy atom. The minimum atomic E-state index is -5.08. The molecule has 3 heterocycles. The number of fused-ring (bicyclic) bond motifs is 1. The van der Waals surface area contributed by atoms with Crippen molar-refractivity contribution in [2.45, 2.75) is 36.3 Å². The first-order valence-electron chi connectivity index (χ1n) is 19.0. The number of alkyl halides is 3. The molecule has 61 heavy (non-hydrogen) atoms. The third kappa shape index (κ3) is 9.37. The lowest BCUT2D eigenvalue weighted by molar-refractivity contribution is -0.173. The van der Waals surface area contributed by atoms with Gasteiger partial charge in [0.05, 0.1) is 20.0 Å². The van der Waals surface area contributed by atoms with Crippen molar-refractivity contribution >= 4 is 34.7 Å². The Morgan fingerprint density at radius 2 is 1.41 bits per heavy atom. The second-order valence-corrected chi connectivity index (χ2v) is 13.8. The van der Waals surface area contributed by atoms with Crippen LogP contribution in [0.5, 0.6) is 5.75 Å².